The molecule has 4 heteroatoms. The fourth-order valence-corrected chi connectivity index (χ4v) is 2.35. The molecule has 1 heterocycles. The summed E-state index contributed by atoms with van der Waals surface area (Å²) in [4.78, 5) is 0. The summed E-state index contributed by atoms with van der Waals surface area (Å²) in [5, 5.41) is 4.72. The number of nitrogens with two attached hydrogens (primary N) is 1. The molecule has 0 saturated heterocycles. The second-order valence-electron chi connectivity index (χ2n) is 4.39. The Labute approximate surface area is 111 Å². The summed E-state index contributed by atoms with van der Waals surface area (Å²) < 4.78 is 7.53. The molecule has 0 aliphatic heterocycles. The summed E-state index contributed by atoms with van der Waals surface area (Å²) >= 11 is 0. The third kappa shape index (κ3) is 3.82. The molecule has 0 fully saturated rings. The second kappa shape index (κ2) is 8.27. The number of rotatable bonds is 9. The Bertz CT molecular complexity index is 347. The maximum absolute atomic E-state index is 5.70. The van der Waals surface area contributed by atoms with Gasteiger partial charge in [-0.25, -0.2) is 0 Å². The van der Waals surface area contributed by atoms with Crippen LogP contribution < -0.4 is 5.73 Å². The van der Waals surface area contributed by atoms with E-state index in [1.54, 1.807) is 0 Å². The topological polar surface area (TPSA) is 53.1 Å². The van der Waals surface area contributed by atoms with Gasteiger partial charge in [-0.15, -0.1) is 0 Å². The van der Waals surface area contributed by atoms with Gasteiger partial charge in [-0.05, 0) is 44.7 Å². The lowest BCUT2D eigenvalue weighted by atomic mass is 10.1. The Morgan fingerprint density at radius 3 is 2.56 bits per heavy atom. The number of hydrogen-bond acceptors (Lipinski definition) is 3. The van der Waals surface area contributed by atoms with Crippen LogP contribution >= 0.6 is 0 Å². The number of nitrogens with zero attached hydrogens (tertiary/aromatic N) is 2. The van der Waals surface area contributed by atoms with Gasteiger partial charge in [-0.2, -0.15) is 5.10 Å². The summed E-state index contributed by atoms with van der Waals surface area (Å²) in [7, 11) is 0. The molecule has 0 spiro atoms. The lowest BCUT2D eigenvalue weighted by Crippen LogP contribution is -2.09. The highest BCUT2D eigenvalue weighted by molar-refractivity contribution is 5.27. The number of aromatic nitrogens is 2. The predicted octanol–water partition coefficient (Wildman–Crippen LogP) is 1.94. The Balaban J connectivity index is 2.76. The van der Waals surface area contributed by atoms with Crippen molar-refractivity contribution in [2.45, 2.75) is 53.0 Å². The normalized spacial score (nSPS) is 11.1. The number of hydrogen-bond donors (Lipinski definition) is 1. The molecule has 4 nitrogen and oxygen atoms in total. The quantitative estimate of drug-likeness (QED) is 0.684. The average Bonchev–Trinajstić information content (AvgIpc) is 2.72. The van der Waals surface area contributed by atoms with Gasteiger partial charge in [0.15, 0.2) is 0 Å². The first kappa shape index (κ1) is 15.2. The summed E-state index contributed by atoms with van der Waals surface area (Å²) in [5.74, 6) is 0. The summed E-state index contributed by atoms with van der Waals surface area (Å²) in [6.45, 7) is 9.62. The highest BCUT2D eigenvalue weighted by Gasteiger charge is 2.14. The SMILES string of the molecule is CCOCCCn1nc(CC)c(CCN)c1CC. The van der Waals surface area contributed by atoms with Gasteiger partial charge in [0.25, 0.3) is 0 Å². The van der Waals surface area contributed by atoms with Gasteiger partial charge in [-0.3, -0.25) is 4.68 Å². The van der Waals surface area contributed by atoms with Crippen molar-refractivity contribution < 1.29 is 4.74 Å². The largest absolute Gasteiger partial charge is 0.382 e. The van der Waals surface area contributed by atoms with Gasteiger partial charge >= 0.3 is 0 Å². The van der Waals surface area contributed by atoms with Crippen LogP contribution in [0.2, 0.25) is 0 Å². The zero-order valence-corrected chi connectivity index (χ0v) is 12.0. The van der Waals surface area contributed by atoms with Crippen molar-refractivity contribution in [2.75, 3.05) is 19.8 Å². The van der Waals surface area contributed by atoms with E-state index in [2.05, 4.69) is 18.5 Å². The molecule has 0 saturated carbocycles. The first-order valence-corrected chi connectivity index (χ1v) is 7.13. The molecule has 2 N–H and O–H groups in total. The van der Waals surface area contributed by atoms with Crippen LogP contribution in [0, 0.1) is 0 Å². The van der Waals surface area contributed by atoms with E-state index in [9.17, 15) is 0 Å². The highest BCUT2D eigenvalue weighted by Crippen LogP contribution is 2.17. The van der Waals surface area contributed by atoms with Crippen molar-refractivity contribution in [3.05, 3.63) is 17.0 Å². The Morgan fingerprint density at radius 1 is 1.22 bits per heavy atom. The van der Waals surface area contributed by atoms with Crippen molar-refractivity contribution in [3.63, 3.8) is 0 Å². The third-order valence-corrected chi connectivity index (χ3v) is 3.18. The Kier molecular flexibility index (Phi) is 6.98. The van der Waals surface area contributed by atoms with E-state index in [-0.39, 0.29) is 0 Å². The smallest absolute Gasteiger partial charge is 0.0657 e. The molecule has 0 amide bonds. The average molecular weight is 253 g/mol. The maximum Gasteiger partial charge on any atom is 0.0657 e. The van der Waals surface area contributed by atoms with Gasteiger partial charge < -0.3 is 10.5 Å². The van der Waals surface area contributed by atoms with Gasteiger partial charge in [0, 0.05) is 25.5 Å². The predicted molar refractivity (Wildman–Crippen MR) is 74.9 cm³/mol. The van der Waals surface area contributed by atoms with Crippen LogP contribution in [0.5, 0.6) is 0 Å². The minimum absolute atomic E-state index is 0.699. The van der Waals surface area contributed by atoms with Crippen LogP contribution in [0.4, 0.5) is 0 Å². The molecule has 0 aliphatic rings. The van der Waals surface area contributed by atoms with Crippen molar-refractivity contribution in [3.8, 4) is 0 Å². The zero-order chi connectivity index (χ0) is 13.4. The molecule has 18 heavy (non-hydrogen) atoms. The van der Waals surface area contributed by atoms with E-state index in [4.69, 9.17) is 15.6 Å². The van der Waals surface area contributed by atoms with E-state index >= 15 is 0 Å². The second-order valence-corrected chi connectivity index (χ2v) is 4.39. The van der Waals surface area contributed by atoms with Crippen molar-refractivity contribution in [1.82, 2.24) is 9.78 Å². The van der Waals surface area contributed by atoms with Crippen molar-refractivity contribution in [2.24, 2.45) is 5.73 Å². The van der Waals surface area contributed by atoms with Crippen molar-refractivity contribution >= 4 is 0 Å². The molecule has 0 bridgehead atoms. The van der Waals surface area contributed by atoms with Crippen molar-refractivity contribution in [1.29, 1.82) is 0 Å². The Morgan fingerprint density at radius 2 is 2.00 bits per heavy atom. The minimum atomic E-state index is 0.699. The monoisotopic (exact) mass is 253 g/mol. The molecule has 0 radical (unpaired) electrons. The van der Waals surface area contributed by atoms with E-state index in [1.807, 2.05) is 6.92 Å². The molecular formula is C14H27N3O. The third-order valence-electron chi connectivity index (χ3n) is 3.18. The van der Waals surface area contributed by atoms with Crippen LogP contribution in [-0.4, -0.2) is 29.5 Å². The van der Waals surface area contributed by atoms with Gasteiger partial charge in [-0.1, -0.05) is 13.8 Å². The van der Waals surface area contributed by atoms with E-state index < -0.39 is 0 Å². The number of ether oxygens (including phenoxy) is 1. The Hall–Kier alpha value is -0.870. The summed E-state index contributed by atoms with van der Waals surface area (Å²) in [6, 6.07) is 0. The molecule has 0 atom stereocenters. The first-order valence-electron chi connectivity index (χ1n) is 7.13. The highest BCUT2D eigenvalue weighted by atomic mass is 16.5. The molecule has 0 unspecified atom stereocenters. The summed E-state index contributed by atoms with van der Waals surface area (Å²) in [5.41, 5.74) is 9.65. The maximum atomic E-state index is 5.70. The minimum Gasteiger partial charge on any atom is -0.382 e. The summed E-state index contributed by atoms with van der Waals surface area (Å²) in [6.07, 6.45) is 3.98. The molecule has 104 valence electrons. The zero-order valence-electron chi connectivity index (χ0n) is 12.0. The van der Waals surface area contributed by atoms with E-state index in [1.165, 1.54) is 17.0 Å². The first-order chi connectivity index (χ1) is 8.78. The lowest BCUT2D eigenvalue weighted by molar-refractivity contribution is 0.140. The van der Waals surface area contributed by atoms with E-state index in [0.29, 0.717) is 6.54 Å². The standard InChI is InChI=1S/C14H27N3O/c1-4-13-12(8-9-15)14(5-2)17(16-13)10-7-11-18-6-3/h4-11,15H2,1-3H3. The van der Waals surface area contributed by atoms with Crippen LogP contribution in [0.1, 0.15) is 44.1 Å². The molecule has 1 rings (SSSR count). The molecule has 1 aromatic rings. The van der Waals surface area contributed by atoms with Gasteiger partial charge in [0.05, 0.1) is 5.69 Å². The molecule has 1 aromatic heterocycles. The number of aryl methyl sites for hydroxylation is 2. The van der Waals surface area contributed by atoms with Crippen LogP contribution in [-0.2, 0) is 30.5 Å². The fraction of sp³-hybridized carbons (Fsp3) is 0.786. The van der Waals surface area contributed by atoms with Gasteiger partial charge in [0.2, 0.25) is 0 Å². The fourth-order valence-electron chi connectivity index (χ4n) is 2.35. The van der Waals surface area contributed by atoms with Gasteiger partial charge in [0.1, 0.15) is 0 Å². The molecular weight excluding hydrogens is 226 g/mol. The lowest BCUT2D eigenvalue weighted by Gasteiger charge is -2.07. The molecule has 0 aliphatic carbocycles. The van der Waals surface area contributed by atoms with Crippen LogP contribution in [0.3, 0.4) is 0 Å². The van der Waals surface area contributed by atoms with E-state index in [0.717, 1.165) is 45.4 Å². The van der Waals surface area contributed by atoms with Crippen LogP contribution in [0.15, 0.2) is 0 Å². The van der Waals surface area contributed by atoms with Crippen LogP contribution in [0.25, 0.3) is 0 Å². The molecule has 0 aromatic carbocycles.